The molecule has 2 unspecified atom stereocenters. The van der Waals surface area contributed by atoms with Crippen LogP contribution in [0.25, 0.3) is 43.1 Å². The van der Waals surface area contributed by atoms with E-state index in [2.05, 4.69) is 0 Å². The summed E-state index contributed by atoms with van der Waals surface area (Å²) < 4.78 is 66.9. The number of esters is 4. The minimum Gasteiger partial charge on any atom is -0.459 e. The minimum atomic E-state index is -1.98. The lowest BCUT2D eigenvalue weighted by Gasteiger charge is -2.19. The molecule has 0 amide bonds. The third-order valence-electron chi connectivity index (χ3n) is 11.9. The third-order valence-corrected chi connectivity index (χ3v) is 11.9. The summed E-state index contributed by atoms with van der Waals surface area (Å²) in [5, 5.41) is 17.2. The average molecular weight is 935 g/mol. The van der Waals surface area contributed by atoms with Crippen molar-refractivity contribution in [2.24, 2.45) is 0 Å². The van der Waals surface area contributed by atoms with E-state index in [9.17, 15) is 33.1 Å². The lowest BCUT2D eigenvalue weighted by Crippen LogP contribution is -2.37. The summed E-state index contributed by atoms with van der Waals surface area (Å²) in [6.45, 7) is -0.694. The fourth-order valence-electron chi connectivity index (χ4n) is 8.25. The number of hydrogen-bond donors (Lipinski definition) is 1. The summed E-state index contributed by atoms with van der Waals surface area (Å²) >= 11 is 0. The van der Waals surface area contributed by atoms with E-state index in [4.69, 9.17) is 33.2 Å². The van der Waals surface area contributed by atoms with Gasteiger partial charge < -0.3 is 38.3 Å². The van der Waals surface area contributed by atoms with Crippen LogP contribution in [-0.2, 0) is 33.2 Å². The molecule has 2 heterocycles. The van der Waals surface area contributed by atoms with E-state index in [0.717, 1.165) is 43.1 Å². The number of halogens is 2. The van der Waals surface area contributed by atoms with E-state index in [1.165, 1.54) is 7.11 Å². The van der Waals surface area contributed by atoms with Crippen molar-refractivity contribution >= 4 is 67.0 Å². The molecule has 14 heteroatoms. The van der Waals surface area contributed by atoms with Crippen molar-refractivity contribution in [1.82, 2.24) is 0 Å². The van der Waals surface area contributed by atoms with E-state index in [0.29, 0.717) is 11.1 Å². The Morgan fingerprint density at radius 2 is 0.768 bits per heavy atom. The highest BCUT2D eigenvalue weighted by molar-refractivity contribution is 5.98. The van der Waals surface area contributed by atoms with Gasteiger partial charge in [-0.15, -0.1) is 0 Å². The first-order valence-corrected chi connectivity index (χ1v) is 22.0. The lowest BCUT2D eigenvalue weighted by atomic mass is 10.1. The molecule has 2 aliphatic rings. The van der Waals surface area contributed by atoms with Crippen LogP contribution in [-0.4, -0.2) is 98.6 Å². The molecular formula is C55H44F2O12. The Labute approximate surface area is 393 Å². The normalized spacial score (nSPS) is 21.9. The van der Waals surface area contributed by atoms with Crippen molar-refractivity contribution in [2.75, 3.05) is 20.3 Å². The highest BCUT2D eigenvalue weighted by atomic mass is 19.1. The van der Waals surface area contributed by atoms with E-state index in [1.54, 1.807) is 66.7 Å². The summed E-state index contributed by atoms with van der Waals surface area (Å²) in [4.78, 5) is 50.7. The molecule has 12 nitrogen and oxygen atoms in total. The van der Waals surface area contributed by atoms with Crippen molar-refractivity contribution in [3.8, 4) is 0 Å². The second kappa shape index (κ2) is 20.7. The van der Waals surface area contributed by atoms with Crippen molar-refractivity contribution in [2.45, 2.75) is 49.3 Å². The maximum atomic E-state index is 15.0. The number of alkyl halides is 2. The first-order valence-electron chi connectivity index (χ1n) is 22.0. The zero-order valence-corrected chi connectivity index (χ0v) is 36.9. The van der Waals surface area contributed by atoms with E-state index < -0.39 is 79.8 Å². The molecule has 350 valence electrons. The highest BCUT2D eigenvalue weighted by Gasteiger charge is 2.49. The number of ether oxygens (including phenoxy) is 7. The molecule has 0 aromatic heterocycles. The van der Waals surface area contributed by atoms with Gasteiger partial charge >= 0.3 is 23.9 Å². The average Bonchev–Trinajstić information content (AvgIpc) is 3.84. The Morgan fingerprint density at radius 3 is 1.13 bits per heavy atom. The van der Waals surface area contributed by atoms with Crippen LogP contribution in [0.2, 0.25) is 0 Å². The lowest BCUT2D eigenvalue weighted by molar-refractivity contribution is -0.142. The van der Waals surface area contributed by atoms with Crippen molar-refractivity contribution in [3.63, 3.8) is 0 Å². The Hall–Kier alpha value is -7.62. The molecule has 8 aromatic carbocycles. The second-order valence-corrected chi connectivity index (χ2v) is 16.4. The Morgan fingerprint density at radius 1 is 0.449 bits per heavy atom. The van der Waals surface area contributed by atoms with Crippen LogP contribution in [0.15, 0.2) is 170 Å². The molecule has 0 radical (unpaired) electrons. The van der Waals surface area contributed by atoms with Gasteiger partial charge in [0.25, 0.3) is 0 Å². The minimum absolute atomic E-state index is 0.235. The van der Waals surface area contributed by atoms with Crippen molar-refractivity contribution in [1.29, 1.82) is 0 Å². The molecule has 0 spiro atoms. The highest BCUT2D eigenvalue weighted by Crippen LogP contribution is 2.31. The van der Waals surface area contributed by atoms with Gasteiger partial charge in [-0.05, 0) is 91.6 Å². The maximum Gasteiger partial charge on any atom is 0.338 e. The molecule has 0 saturated carbocycles. The van der Waals surface area contributed by atoms with Gasteiger partial charge in [0, 0.05) is 7.11 Å². The topological polar surface area (TPSA) is 153 Å². The standard InChI is InChI=1S/C28H23FO6.C27H21FO6/c1-32-28-24(29)25(35-27(31)22-13-11-18-7-3-5-9-20(18)15-22)23(34-28)16-33-26(30)21-12-10-17-6-2-4-8-19(17)14-21;28-23-24(34-26(30)21-12-10-17-6-2-4-8-19(17)14-21)22(33-27(23)31)15-32-25(29)20-11-9-16-5-1-3-7-18(16)13-20/h2-15,23-25,28H,16H2,1H3;1-14,22-24,27,31H,15H2/t23-,24+,25-,28?;22-,23+,24-,27?/m11/s1. The zero-order chi connectivity index (χ0) is 48.0. The van der Waals surface area contributed by atoms with Crippen molar-refractivity contribution < 1.29 is 66.2 Å². The van der Waals surface area contributed by atoms with Crippen LogP contribution in [0.5, 0.6) is 0 Å². The first kappa shape index (κ1) is 46.5. The van der Waals surface area contributed by atoms with Gasteiger partial charge in [0.2, 0.25) is 0 Å². The third kappa shape index (κ3) is 10.4. The molecule has 1 N–H and O–H groups in total. The molecular weight excluding hydrogens is 891 g/mol. The largest absolute Gasteiger partial charge is 0.459 e. The summed E-state index contributed by atoms with van der Waals surface area (Å²) in [6, 6.07) is 50.7. The number of carbonyl (C=O) groups is 4. The number of fused-ring (bicyclic) bond motifs is 4. The Kier molecular flexibility index (Phi) is 14.0. The fourth-order valence-corrected chi connectivity index (χ4v) is 8.25. The van der Waals surface area contributed by atoms with Crippen LogP contribution in [0, 0.1) is 0 Å². The summed E-state index contributed by atoms with van der Waals surface area (Å²) in [6.07, 6.45) is -11.7. The van der Waals surface area contributed by atoms with Gasteiger partial charge in [-0.1, -0.05) is 121 Å². The maximum absolute atomic E-state index is 15.0. The van der Waals surface area contributed by atoms with E-state index in [1.807, 2.05) is 103 Å². The number of hydrogen-bond acceptors (Lipinski definition) is 12. The number of benzene rings is 8. The van der Waals surface area contributed by atoms with Gasteiger partial charge in [-0.3, -0.25) is 0 Å². The molecule has 8 atom stereocenters. The number of carbonyl (C=O) groups excluding carboxylic acids is 4. The van der Waals surface area contributed by atoms with E-state index >= 15 is 0 Å². The van der Waals surface area contributed by atoms with Crippen LogP contribution < -0.4 is 0 Å². The predicted molar refractivity (Wildman–Crippen MR) is 251 cm³/mol. The Balaban J connectivity index is 0.000000172. The number of rotatable bonds is 11. The quantitative estimate of drug-likeness (QED) is 0.0971. The van der Waals surface area contributed by atoms with Gasteiger partial charge in [-0.2, -0.15) is 0 Å². The van der Waals surface area contributed by atoms with Crippen molar-refractivity contribution in [3.05, 3.63) is 192 Å². The smallest absolute Gasteiger partial charge is 0.338 e. The van der Waals surface area contributed by atoms with Crippen LogP contribution >= 0.6 is 0 Å². The van der Waals surface area contributed by atoms with Crippen LogP contribution in [0.4, 0.5) is 8.78 Å². The monoisotopic (exact) mass is 934 g/mol. The summed E-state index contributed by atoms with van der Waals surface area (Å²) in [5.74, 6) is -2.68. The molecule has 2 aliphatic heterocycles. The molecule has 0 aliphatic carbocycles. The van der Waals surface area contributed by atoms with Gasteiger partial charge in [0.15, 0.2) is 37.1 Å². The van der Waals surface area contributed by atoms with Crippen LogP contribution in [0.3, 0.4) is 0 Å². The fraction of sp³-hybridized carbons (Fsp3) is 0.200. The second-order valence-electron chi connectivity index (χ2n) is 16.4. The zero-order valence-electron chi connectivity index (χ0n) is 36.9. The van der Waals surface area contributed by atoms with E-state index in [-0.39, 0.29) is 17.7 Å². The van der Waals surface area contributed by atoms with Gasteiger partial charge in [-0.25, -0.2) is 28.0 Å². The first-order chi connectivity index (χ1) is 33.5. The predicted octanol–water partition coefficient (Wildman–Crippen LogP) is 9.52. The molecule has 69 heavy (non-hydrogen) atoms. The molecule has 8 aromatic rings. The number of methoxy groups -OCH3 is 1. The molecule has 2 fully saturated rings. The van der Waals surface area contributed by atoms with Gasteiger partial charge in [0.05, 0.1) is 22.3 Å². The van der Waals surface area contributed by atoms with Gasteiger partial charge in [0.1, 0.15) is 25.4 Å². The van der Waals surface area contributed by atoms with Crippen LogP contribution in [0.1, 0.15) is 41.4 Å². The summed E-state index contributed by atoms with van der Waals surface area (Å²) in [7, 11) is 1.29. The SMILES string of the molecule is COC1O[C@H](COC(=O)c2ccc3ccccc3c2)[C@@H](OC(=O)c2ccc3ccccc3c2)[C@@H]1F.O=C(OC[C@H]1OC(O)[C@@H](F)[C@@H]1OC(=O)c1ccc2ccccc2c1)c1ccc2ccccc2c1. The number of aliphatic hydroxyl groups is 1. The summed E-state index contributed by atoms with van der Waals surface area (Å²) in [5.41, 5.74) is 1.19. The Bertz CT molecular complexity index is 3180. The molecule has 10 rings (SSSR count). The number of aliphatic hydroxyl groups excluding tert-OH is 1. The molecule has 0 bridgehead atoms. The molecule has 2 saturated heterocycles.